The molecule has 1 saturated heterocycles. The first kappa shape index (κ1) is 16.4. The van der Waals surface area contributed by atoms with Gasteiger partial charge in [-0.2, -0.15) is 4.31 Å². The maximum atomic E-state index is 12.9. The van der Waals surface area contributed by atoms with Crippen LogP contribution >= 0.6 is 27.3 Å². The van der Waals surface area contributed by atoms with Crippen molar-refractivity contribution in [2.45, 2.75) is 43.4 Å². The van der Waals surface area contributed by atoms with Crippen molar-refractivity contribution in [3.05, 3.63) is 15.4 Å². The third-order valence-electron chi connectivity index (χ3n) is 3.56. The highest BCUT2D eigenvalue weighted by atomic mass is 79.9. The van der Waals surface area contributed by atoms with Crippen LogP contribution in [0.15, 0.2) is 14.1 Å². The first-order valence-electron chi connectivity index (χ1n) is 6.95. The Kier molecular flexibility index (Phi) is 5.64. The highest BCUT2D eigenvalue weighted by molar-refractivity contribution is 9.11. The lowest BCUT2D eigenvalue weighted by Crippen LogP contribution is -2.46. The Morgan fingerprint density at radius 2 is 2.10 bits per heavy atom. The van der Waals surface area contributed by atoms with Crippen LogP contribution in [0.25, 0.3) is 0 Å². The van der Waals surface area contributed by atoms with Crippen LogP contribution in [0.3, 0.4) is 0 Å². The van der Waals surface area contributed by atoms with Crippen molar-refractivity contribution in [1.82, 2.24) is 9.62 Å². The number of rotatable bonds is 5. The van der Waals surface area contributed by atoms with E-state index in [9.17, 15) is 8.42 Å². The molecule has 2 heterocycles. The van der Waals surface area contributed by atoms with E-state index >= 15 is 0 Å². The minimum Gasteiger partial charge on any atom is -0.317 e. The summed E-state index contributed by atoms with van der Waals surface area (Å²) in [5, 5.41) is 3.29. The maximum absolute atomic E-state index is 12.9. The summed E-state index contributed by atoms with van der Waals surface area (Å²) in [6.45, 7) is 6.34. The highest BCUT2D eigenvalue weighted by Gasteiger charge is 2.32. The monoisotopic (exact) mass is 380 g/mol. The molecule has 2 rings (SSSR count). The molecule has 1 N–H and O–H groups in total. The molecule has 0 spiro atoms. The molecule has 7 heteroatoms. The van der Waals surface area contributed by atoms with Crippen molar-refractivity contribution < 1.29 is 8.42 Å². The third kappa shape index (κ3) is 3.44. The van der Waals surface area contributed by atoms with Gasteiger partial charge in [0.05, 0.1) is 3.79 Å². The van der Waals surface area contributed by atoms with Gasteiger partial charge in [0.15, 0.2) is 0 Å². The molecule has 1 fully saturated rings. The quantitative estimate of drug-likeness (QED) is 0.853. The Hall–Kier alpha value is 0.0500. The average molecular weight is 381 g/mol. The van der Waals surface area contributed by atoms with Crippen molar-refractivity contribution in [3.8, 4) is 0 Å². The number of thiophene rings is 1. The summed E-state index contributed by atoms with van der Waals surface area (Å²) < 4.78 is 28.8. The SMILES string of the molecule is CCCN(C1CCNCC1)S(=O)(=O)c1cc(C)c(Br)s1. The Bertz CT molecular complexity index is 531. The first-order valence-corrected chi connectivity index (χ1v) is 10.00. The lowest BCUT2D eigenvalue weighted by atomic mass is 10.1. The molecular weight excluding hydrogens is 360 g/mol. The normalized spacial score (nSPS) is 17.8. The second-order valence-corrected chi connectivity index (χ2v) is 9.61. The molecule has 4 nitrogen and oxygen atoms in total. The molecule has 0 radical (unpaired) electrons. The average Bonchev–Trinajstić information content (AvgIpc) is 2.77. The fourth-order valence-electron chi connectivity index (χ4n) is 2.49. The van der Waals surface area contributed by atoms with Gasteiger partial charge in [-0.25, -0.2) is 8.42 Å². The lowest BCUT2D eigenvalue weighted by Gasteiger charge is -2.33. The Labute approximate surface area is 133 Å². The van der Waals surface area contributed by atoms with Gasteiger partial charge in [-0.05, 0) is 66.8 Å². The second kappa shape index (κ2) is 6.87. The van der Waals surface area contributed by atoms with E-state index in [2.05, 4.69) is 21.2 Å². The van der Waals surface area contributed by atoms with E-state index < -0.39 is 10.0 Å². The van der Waals surface area contributed by atoms with Gasteiger partial charge in [0.25, 0.3) is 10.0 Å². The molecule has 1 aliphatic heterocycles. The number of hydrogen-bond acceptors (Lipinski definition) is 4. The number of piperidine rings is 1. The molecule has 0 saturated carbocycles. The number of aryl methyl sites for hydroxylation is 1. The molecule has 1 aromatic rings. The van der Waals surface area contributed by atoms with Gasteiger partial charge in [0, 0.05) is 12.6 Å². The molecule has 0 amide bonds. The van der Waals surface area contributed by atoms with Crippen LogP contribution in [0.5, 0.6) is 0 Å². The minimum atomic E-state index is -3.37. The van der Waals surface area contributed by atoms with E-state index in [0.717, 1.165) is 41.7 Å². The van der Waals surface area contributed by atoms with Crippen LogP contribution in [-0.2, 0) is 10.0 Å². The van der Waals surface area contributed by atoms with Gasteiger partial charge in [-0.15, -0.1) is 11.3 Å². The fraction of sp³-hybridized carbons (Fsp3) is 0.692. The summed E-state index contributed by atoms with van der Waals surface area (Å²) in [7, 11) is -3.37. The van der Waals surface area contributed by atoms with Crippen LogP contribution in [0.2, 0.25) is 0 Å². The molecular formula is C13H21BrN2O2S2. The van der Waals surface area contributed by atoms with Gasteiger partial charge in [-0.1, -0.05) is 6.92 Å². The predicted octanol–water partition coefficient (Wildman–Crippen LogP) is 2.97. The van der Waals surface area contributed by atoms with E-state index in [-0.39, 0.29) is 6.04 Å². The summed E-state index contributed by atoms with van der Waals surface area (Å²) in [5.41, 5.74) is 0.982. The van der Waals surface area contributed by atoms with Crippen LogP contribution in [0.4, 0.5) is 0 Å². The van der Waals surface area contributed by atoms with E-state index in [1.807, 2.05) is 13.8 Å². The molecule has 0 aliphatic carbocycles. The summed E-state index contributed by atoms with van der Waals surface area (Å²) >= 11 is 4.73. The number of nitrogens with one attached hydrogen (secondary N) is 1. The van der Waals surface area contributed by atoms with E-state index in [0.29, 0.717) is 10.8 Å². The lowest BCUT2D eigenvalue weighted by molar-refractivity contribution is 0.263. The van der Waals surface area contributed by atoms with Crippen molar-refractivity contribution in [3.63, 3.8) is 0 Å². The van der Waals surface area contributed by atoms with Crippen molar-refractivity contribution in [2.75, 3.05) is 19.6 Å². The second-order valence-electron chi connectivity index (χ2n) is 5.12. The van der Waals surface area contributed by atoms with E-state index in [4.69, 9.17) is 0 Å². The molecule has 0 aromatic carbocycles. The van der Waals surface area contributed by atoms with Gasteiger partial charge in [0.1, 0.15) is 4.21 Å². The number of sulfonamides is 1. The Morgan fingerprint density at radius 1 is 1.45 bits per heavy atom. The molecule has 1 aliphatic rings. The standard InChI is InChI=1S/C13H21BrN2O2S2/c1-3-8-16(11-4-6-15-7-5-11)20(17,18)12-9-10(2)13(14)19-12/h9,11,15H,3-8H2,1-2H3. The summed E-state index contributed by atoms with van der Waals surface area (Å²) in [4.78, 5) is 0. The third-order valence-corrected chi connectivity index (χ3v) is 8.10. The van der Waals surface area contributed by atoms with Crippen molar-refractivity contribution in [1.29, 1.82) is 0 Å². The Morgan fingerprint density at radius 3 is 2.60 bits per heavy atom. The largest absolute Gasteiger partial charge is 0.317 e. The zero-order valence-corrected chi connectivity index (χ0v) is 15.1. The summed E-state index contributed by atoms with van der Waals surface area (Å²) in [5.74, 6) is 0. The molecule has 0 unspecified atom stereocenters. The van der Waals surface area contributed by atoms with Gasteiger partial charge in [0.2, 0.25) is 0 Å². The number of hydrogen-bond donors (Lipinski definition) is 1. The highest BCUT2D eigenvalue weighted by Crippen LogP contribution is 2.33. The van der Waals surface area contributed by atoms with Crippen LogP contribution in [0.1, 0.15) is 31.7 Å². The van der Waals surface area contributed by atoms with Gasteiger partial charge < -0.3 is 5.32 Å². The molecule has 0 bridgehead atoms. The van der Waals surface area contributed by atoms with E-state index in [1.54, 1.807) is 10.4 Å². The maximum Gasteiger partial charge on any atom is 0.252 e. The number of nitrogens with zero attached hydrogens (tertiary/aromatic N) is 1. The molecule has 114 valence electrons. The zero-order valence-electron chi connectivity index (χ0n) is 11.9. The summed E-state index contributed by atoms with van der Waals surface area (Å²) in [6.07, 6.45) is 2.63. The first-order chi connectivity index (χ1) is 9.46. The zero-order chi connectivity index (χ0) is 14.8. The topological polar surface area (TPSA) is 49.4 Å². The Balaban J connectivity index is 2.31. The van der Waals surface area contributed by atoms with Crippen LogP contribution in [-0.4, -0.2) is 38.4 Å². The van der Waals surface area contributed by atoms with Crippen LogP contribution in [0, 0.1) is 6.92 Å². The van der Waals surface area contributed by atoms with Crippen molar-refractivity contribution >= 4 is 37.3 Å². The smallest absolute Gasteiger partial charge is 0.252 e. The van der Waals surface area contributed by atoms with Crippen LogP contribution < -0.4 is 5.32 Å². The van der Waals surface area contributed by atoms with Gasteiger partial charge in [-0.3, -0.25) is 0 Å². The van der Waals surface area contributed by atoms with E-state index in [1.165, 1.54) is 11.3 Å². The summed E-state index contributed by atoms with van der Waals surface area (Å²) in [6, 6.07) is 1.90. The fourth-order valence-corrected chi connectivity index (χ4v) is 6.62. The minimum absolute atomic E-state index is 0.127. The number of halogens is 1. The molecule has 20 heavy (non-hydrogen) atoms. The van der Waals surface area contributed by atoms with Crippen molar-refractivity contribution in [2.24, 2.45) is 0 Å². The predicted molar refractivity (Wildman–Crippen MR) is 86.8 cm³/mol. The van der Waals surface area contributed by atoms with Gasteiger partial charge >= 0.3 is 0 Å². The molecule has 0 atom stereocenters. The molecule has 1 aromatic heterocycles.